The van der Waals surface area contributed by atoms with Crippen LogP contribution in [0.3, 0.4) is 0 Å². The van der Waals surface area contributed by atoms with Gasteiger partial charge in [-0.2, -0.15) is 5.01 Å². The Labute approximate surface area is 189 Å². The van der Waals surface area contributed by atoms with Crippen molar-refractivity contribution < 1.29 is 23.9 Å². The number of hydrazine groups is 1. The zero-order valence-electron chi connectivity index (χ0n) is 17.6. The van der Waals surface area contributed by atoms with E-state index in [9.17, 15) is 19.2 Å². The number of aromatic nitrogens is 1. The van der Waals surface area contributed by atoms with Gasteiger partial charge in [-0.3, -0.25) is 15.0 Å². The number of pyridine rings is 1. The minimum atomic E-state index is -1.32. The molecule has 1 aromatic heterocycles. The third-order valence-electron chi connectivity index (χ3n) is 5.13. The lowest BCUT2D eigenvalue weighted by Gasteiger charge is -2.22. The molecule has 0 unspecified atom stereocenters. The summed E-state index contributed by atoms with van der Waals surface area (Å²) in [6.45, 7) is 0.869. The highest BCUT2D eigenvalue weighted by Crippen LogP contribution is 2.27. The first-order valence-corrected chi connectivity index (χ1v) is 10.1. The molecular formula is C24H20N4O5. The SMILES string of the molecule is C[C@@]1(c2ccccc2)NC(=O)N(NC(=O)COC(=O)/C=C/c2ccc3ccccc3n2)C1=O. The molecule has 1 aliphatic rings. The Kier molecular flexibility index (Phi) is 5.86. The third-order valence-corrected chi connectivity index (χ3v) is 5.13. The number of para-hydroxylation sites is 1. The zero-order valence-corrected chi connectivity index (χ0v) is 17.6. The van der Waals surface area contributed by atoms with E-state index in [1.807, 2.05) is 30.3 Å². The van der Waals surface area contributed by atoms with Crippen LogP contribution in [-0.2, 0) is 24.7 Å². The van der Waals surface area contributed by atoms with E-state index >= 15 is 0 Å². The summed E-state index contributed by atoms with van der Waals surface area (Å²) in [5.74, 6) is -2.26. The van der Waals surface area contributed by atoms with Crippen LogP contribution in [0.1, 0.15) is 18.2 Å². The lowest BCUT2D eigenvalue weighted by molar-refractivity contribution is -0.147. The summed E-state index contributed by atoms with van der Waals surface area (Å²) >= 11 is 0. The molecule has 0 bridgehead atoms. The van der Waals surface area contributed by atoms with Crippen LogP contribution in [0.2, 0.25) is 0 Å². The van der Waals surface area contributed by atoms with Gasteiger partial charge in [-0.15, -0.1) is 0 Å². The summed E-state index contributed by atoms with van der Waals surface area (Å²) in [4.78, 5) is 53.5. The summed E-state index contributed by atoms with van der Waals surface area (Å²) in [7, 11) is 0. The molecule has 33 heavy (non-hydrogen) atoms. The summed E-state index contributed by atoms with van der Waals surface area (Å²) in [6.07, 6.45) is 2.61. The van der Waals surface area contributed by atoms with Crippen LogP contribution in [-0.4, -0.2) is 40.4 Å². The molecule has 1 fully saturated rings. The van der Waals surface area contributed by atoms with Gasteiger partial charge in [0.25, 0.3) is 11.8 Å². The first-order chi connectivity index (χ1) is 15.9. The average molecular weight is 444 g/mol. The second kappa shape index (κ2) is 8.91. The van der Waals surface area contributed by atoms with Crippen LogP contribution in [0, 0.1) is 0 Å². The zero-order chi connectivity index (χ0) is 23.4. The number of carbonyl (C=O) groups excluding carboxylic acids is 4. The summed E-state index contributed by atoms with van der Waals surface area (Å²) in [6, 6.07) is 19.0. The van der Waals surface area contributed by atoms with Crippen molar-refractivity contribution in [3.8, 4) is 0 Å². The molecule has 3 aromatic rings. The molecule has 2 aromatic carbocycles. The Morgan fingerprint density at radius 1 is 1.06 bits per heavy atom. The fourth-order valence-corrected chi connectivity index (χ4v) is 3.38. The maximum atomic E-state index is 12.8. The van der Waals surface area contributed by atoms with Gasteiger partial charge in [-0.25, -0.2) is 14.6 Å². The van der Waals surface area contributed by atoms with Gasteiger partial charge in [0.1, 0.15) is 5.54 Å². The first kappa shape index (κ1) is 21.7. The number of carbonyl (C=O) groups is 4. The topological polar surface area (TPSA) is 118 Å². The van der Waals surface area contributed by atoms with Gasteiger partial charge in [0.05, 0.1) is 11.2 Å². The van der Waals surface area contributed by atoms with Crippen LogP contribution in [0.5, 0.6) is 0 Å². The molecule has 4 rings (SSSR count). The number of imide groups is 1. The second-order valence-corrected chi connectivity index (χ2v) is 7.47. The number of amides is 4. The number of esters is 1. The standard InChI is InChI=1S/C24H20N4O5/c1-24(17-8-3-2-4-9-17)22(31)28(23(32)26-24)27-20(29)15-33-21(30)14-13-18-12-11-16-7-5-6-10-19(16)25-18/h2-14H,15H2,1H3,(H,26,32)(H,27,29)/b14-13+/t24-/m0/s1. The lowest BCUT2D eigenvalue weighted by Crippen LogP contribution is -2.49. The van der Waals surface area contributed by atoms with Crippen molar-refractivity contribution in [2.45, 2.75) is 12.5 Å². The maximum Gasteiger partial charge on any atom is 0.344 e. The number of urea groups is 1. The van der Waals surface area contributed by atoms with Crippen molar-refractivity contribution in [3.63, 3.8) is 0 Å². The van der Waals surface area contributed by atoms with Gasteiger partial charge in [0.15, 0.2) is 6.61 Å². The van der Waals surface area contributed by atoms with E-state index in [0.29, 0.717) is 16.3 Å². The monoisotopic (exact) mass is 444 g/mol. The summed E-state index contributed by atoms with van der Waals surface area (Å²) in [5.41, 5.74) is 2.75. The van der Waals surface area contributed by atoms with E-state index in [1.165, 1.54) is 6.08 Å². The minimum Gasteiger partial charge on any atom is -0.452 e. The lowest BCUT2D eigenvalue weighted by atomic mass is 9.92. The molecule has 166 valence electrons. The van der Waals surface area contributed by atoms with Crippen molar-refractivity contribution in [1.82, 2.24) is 20.7 Å². The van der Waals surface area contributed by atoms with Crippen LogP contribution < -0.4 is 10.7 Å². The molecule has 4 amide bonds. The largest absolute Gasteiger partial charge is 0.452 e. The Hall–Kier alpha value is -4.53. The normalized spacial score (nSPS) is 17.9. The van der Waals surface area contributed by atoms with Crippen LogP contribution in [0.25, 0.3) is 17.0 Å². The van der Waals surface area contributed by atoms with E-state index in [2.05, 4.69) is 15.7 Å². The molecule has 9 heteroatoms. The Balaban J connectivity index is 1.32. The van der Waals surface area contributed by atoms with E-state index in [1.54, 1.807) is 43.3 Å². The highest BCUT2D eigenvalue weighted by molar-refractivity contribution is 6.08. The van der Waals surface area contributed by atoms with Crippen molar-refractivity contribution >= 4 is 40.8 Å². The van der Waals surface area contributed by atoms with E-state index in [0.717, 1.165) is 17.0 Å². The number of ether oxygens (including phenoxy) is 1. The fourth-order valence-electron chi connectivity index (χ4n) is 3.38. The molecule has 1 aliphatic heterocycles. The predicted molar refractivity (Wildman–Crippen MR) is 119 cm³/mol. The van der Waals surface area contributed by atoms with Gasteiger partial charge in [0.2, 0.25) is 0 Å². The number of hydrogen-bond acceptors (Lipinski definition) is 6. The highest BCUT2D eigenvalue weighted by atomic mass is 16.5. The van der Waals surface area contributed by atoms with Gasteiger partial charge >= 0.3 is 12.0 Å². The molecule has 0 saturated carbocycles. The van der Waals surface area contributed by atoms with Crippen LogP contribution in [0.15, 0.2) is 72.8 Å². The predicted octanol–water partition coefficient (Wildman–Crippen LogP) is 2.29. The maximum absolute atomic E-state index is 12.8. The number of rotatable bonds is 6. The summed E-state index contributed by atoms with van der Waals surface area (Å²) < 4.78 is 4.90. The molecule has 0 radical (unpaired) electrons. The number of hydrogen-bond donors (Lipinski definition) is 2. The molecule has 0 spiro atoms. The van der Waals surface area contributed by atoms with Gasteiger partial charge in [-0.1, -0.05) is 54.6 Å². The van der Waals surface area contributed by atoms with E-state index in [-0.39, 0.29) is 0 Å². The average Bonchev–Trinajstić information content (AvgIpc) is 3.05. The van der Waals surface area contributed by atoms with E-state index < -0.39 is 36.0 Å². The van der Waals surface area contributed by atoms with E-state index in [4.69, 9.17) is 4.74 Å². The highest BCUT2D eigenvalue weighted by Gasteiger charge is 2.49. The minimum absolute atomic E-state index is 0.551. The third kappa shape index (κ3) is 4.57. The van der Waals surface area contributed by atoms with Crippen molar-refractivity contribution in [3.05, 3.63) is 84.1 Å². The molecule has 9 nitrogen and oxygen atoms in total. The van der Waals surface area contributed by atoms with Gasteiger partial charge in [-0.05, 0) is 30.7 Å². The summed E-state index contributed by atoms with van der Waals surface area (Å²) in [5, 5.41) is 4.12. The molecule has 0 aliphatic carbocycles. The molecule has 2 heterocycles. The van der Waals surface area contributed by atoms with Gasteiger partial charge in [0, 0.05) is 11.5 Å². The van der Waals surface area contributed by atoms with Crippen molar-refractivity contribution in [2.75, 3.05) is 6.61 Å². The molecule has 1 atom stereocenters. The quantitative estimate of drug-likeness (QED) is 0.342. The van der Waals surface area contributed by atoms with Crippen molar-refractivity contribution in [1.29, 1.82) is 0 Å². The van der Waals surface area contributed by atoms with Crippen molar-refractivity contribution in [2.24, 2.45) is 0 Å². The first-order valence-electron chi connectivity index (χ1n) is 10.1. The Morgan fingerprint density at radius 3 is 2.58 bits per heavy atom. The Morgan fingerprint density at radius 2 is 1.79 bits per heavy atom. The molecule has 2 N–H and O–H groups in total. The molecular weight excluding hydrogens is 424 g/mol. The number of nitrogens with zero attached hydrogens (tertiary/aromatic N) is 2. The second-order valence-electron chi connectivity index (χ2n) is 7.47. The number of benzene rings is 2. The van der Waals surface area contributed by atoms with Gasteiger partial charge < -0.3 is 10.1 Å². The number of nitrogens with one attached hydrogen (secondary N) is 2. The smallest absolute Gasteiger partial charge is 0.344 e. The Bertz CT molecular complexity index is 1270. The number of fused-ring (bicyclic) bond motifs is 1. The fraction of sp³-hybridized carbons (Fsp3) is 0.125. The molecule has 1 saturated heterocycles. The van der Waals surface area contributed by atoms with Crippen LogP contribution >= 0.6 is 0 Å². The van der Waals surface area contributed by atoms with Crippen LogP contribution in [0.4, 0.5) is 4.79 Å².